The van der Waals surface area contributed by atoms with Crippen molar-refractivity contribution in [3.8, 4) is 0 Å². The van der Waals surface area contributed by atoms with Crippen LogP contribution in [0.15, 0.2) is 36.9 Å². The molecule has 7 heteroatoms. The highest BCUT2D eigenvalue weighted by Gasteiger charge is 2.10. The van der Waals surface area contributed by atoms with Gasteiger partial charge in [0.1, 0.15) is 17.7 Å². The standard InChI is InChI=1S/C14H12FN5O/c15-10-3-1-9(2-4-10)11(21)5-6-20-8-19-12-13(16)17-7-18-14(12)20/h1-4,7-8H,5-6H2,(H2,16,17,18). The van der Waals surface area contributed by atoms with Crippen LogP contribution in [-0.2, 0) is 6.54 Å². The molecule has 6 nitrogen and oxygen atoms in total. The monoisotopic (exact) mass is 285 g/mol. The van der Waals surface area contributed by atoms with E-state index in [-0.39, 0.29) is 18.0 Å². The summed E-state index contributed by atoms with van der Waals surface area (Å²) in [5.41, 5.74) is 7.29. The van der Waals surface area contributed by atoms with Crippen molar-refractivity contribution in [3.63, 3.8) is 0 Å². The Labute approximate surface area is 119 Å². The molecule has 2 N–H and O–H groups in total. The minimum Gasteiger partial charge on any atom is -0.382 e. The van der Waals surface area contributed by atoms with Crippen molar-refractivity contribution in [2.24, 2.45) is 0 Å². The molecule has 21 heavy (non-hydrogen) atoms. The number of nitrogens with two attached hydrogens (primary N) is 1. The van der Waals surface area contributed by atoms with E-state index in [9.17, 15) is 9.18 Å². The predicted octanol–water partition coefficient (Wildman–Crippen LogP) is 1.82. The predicted molar refractivity (Wildman–Crippen MR) is 75.1 cm³/mol. The number of aromatic nitrogens is 4. The molecule has 0 saturated carbocycles. The zero-order chi connectivity index (χ0) is 14.8. The molecule has 0 saturated heterocycles. The first-order valence-electron chi connectivity index (χ1n) is 6.35. The summed E-state index contributed by atoms with van der Waals surface area (Å²) < 4.78 is 14.6. The number of imidazole rings is 1. The zero-order valence-corrected chi connectivity index (χ0v) is 11.0. The van der Waals surface area contributed by atoms with Gasteiger partial charge in [-0.3, -0.25) is 4.79 Å². The number of hydrogen-bond donors (Lipinski definition) is 1. The zero-order valence-electron chi connectivity index (χ0n) is 11.0. The van der Waals surface area contributed by atoms with E-state index < -0.39 is 0 Å². The van der Waals surface area contributed by atoms with Gasteiger partial charge in [0.25, 0.3) is 0 Å². The molecule has 0 atom stereocenters. The van der Waals surface area contributed by atoms with Crippen molar-refractivity contribution in [1.82, 2.24) is 19.5 Å². The fraction of sp³-hybridized carbons (Fsp3) is 0.143. The van der Waals surface area contributed by atoms with Gasteiger partial charge in [-0.1, -0.05) is 0 Å². The maximum absolute atomic E-state index is 12.8. The van der Waals surface area contributed by atoms with E-state index in [1.807, 2.05) is 0 Å². The van der Waals surface area contributed by atoms with Crippen molar-refractivity contribution < 1.29 is 9.18 Å². The summed E-state index contributed by atoms with van der Waals surface area (Å²) in [5.74, 6) is -0.123. The summed E-state index contributed by atoms with van der Waals surface area (Å²) in [6.07, 6.45) is 3.20. The molecule has 3 aromatic rings. The molecule has 0 radical (unpaired) electrons. The van der Waals surface area contributed by atoms with Crippen molar-refractivity contribution >= 4 is 22.8 Å². The lowest BCUT2D eigenvalue weighted by atomic mass is 10.1. The third-order valence-corrected chi connectivity index (χ3v) is 3.18. The smallest absolute Gasteiger partial charge is 0.165 e. The van der Waals surface area contributed by atoms with E-state index in [4.69, 9.17) is 5.73 Å². The molecular formula is C14H12FN5O. The summed E-state index contributed by atoms with van der Waals surface area (Å²) in [6, 6.07) is 5.50. The largest absolute Gasteiger partial charge is 0.382 e. The number of carbonyl (C=O) groups is 1. The maximum Gasteiger partial charge on any atom is 0.165 e. The van der Waals surface area contributed by atoms with Crippen LogP contribution in [0.2, 0.25) is 0 Å². The number of aryl methyl sites for hydroxylation is 1. The number of anilines is 1. The van der Waals surface area contributed by atoms with E-state index in [1.165, 1.54) is 30.6 Å². The van der Waals surface area contributed by atoms with Crippen LogP contribution in [0, 0.1) is 5.82 Å². The van der Waals surface area contributed by atoms with E-state index in [0.29, 0.717) is 29.1 Å². The molecule has 1 aromatic carbocycles. The summed E-state index contributed by atoms with van der Waals surface area (Å²) in [4.78, 5) is 24.1. The second kappa shape index (κ2) is 5.28. The van der Waals surface area contributed by atoms with Crippen molar-refractivity contribution in [3.05, 3.63) is 48.3 Å². The highest BCUT2D eigenvalue weighted by atomic mass is 19.1. The number of rotatable bonds is 4. The van der Waals surface area contributed by atoms with Crippen LogP contribution < -0.4 is 5.73 Å². The first kappa shape index (κ1) is 13.2. The number of fused-ring (bicyclic) bond motifs is 1. The van der Waals surface area contributed by atoms with Crippen LogP contribution in [0.5, 0.6) is 0 Å². The number of halogens is 1. The number of ketones is 1. The highest BCUT2D eigenvalue weighted by Crippen LogP contribution is 2.15. The molecule has 0 spiro atoms. The first-order valence-corrected chi connectivity index (χ1v) is 6.35. The Hall–Kier alpha value is -2.83. The third-order valence-electron chi connectivity index (χ3n) is 3.18. The molecule has 0 fully saturated rings. The molecule has 0 aliphatic rings. The highest BCUT2D eigenvalue weighted by molar-refractivity contribution is 5.96. The summed E-state index contributed by atoms with van der Waals surface area (Å²) in [7, 11) is 0. The van der Waals surface area contributed by atoms with E-state index in [1.54, 1.807) is 10.9 Å². The number of Topliss-reactive ketones (excluding diaryl/α,β-unsaturated/α-hetero) is 1. The lowest BCUT2D eigenvalue weighted by molar-refractivity contribution is 0.0977. The van der Waals surface area contributed by atoms with Gasteiger partial charge < -0.3 is 10.3 Å². The topological polar surface area (TPSA) is 86.7 Å². The van der Waals surface area contributed by atoms with Crippen LogP contribution in [-0.4, -0.2) is 25.3 Å². The Morgan fingerprint density at radius 3 is 2.71 bits per heavy atom. The van der Waals surface area contributed by atoms with Crippen LogP contribution >= 0.6 is 0 Å². The average Bonchev–Trinajstić information content (AvgIpc) is 2.90. The van der Waals surface area contributed by atoms with Gasteiger partial charge in [0.15, 0.2) is 17.2 Å². The van der Waals surface area contributed by atoms with Gasteiger partial charge in [0.2, 0.25) is 0 Å². The van der Waals surface area contributed by atoms with Crippen LogP contribution in [0.4, 0.5) is 10.2 Å². The Kier molecular flexibility index (Phi) is 3.31. The fourth-order valence-electron chi connectivity index (χ4n) is 2.06. The van der Waals surface area contributed by atoms with Gasteiger partial charge in [-0.25, -0.2) is 19.3 Å². The van der Waals surface area contributed by atoms with Crippen LogP contribution in [0.1, 0.15) is 16.8 Å². The van der Waals surface area contributed by atoms with E-state index in [2.05, 4.69) is 15.0 Å². The lowest BCUT2D eigenvalue weighted by Gasteiger charge is -2.04. The average molecular weight is 285 g/mol. The van der Waals surface area contributed by atoms with Gasteiger partial charge in [0, 0.05) is 18.5 Å². The summed E-state index contributed by atoms with van der Waals surface area (Å²) in [6.45, 7) is 0.420. The minimum absolute atomic E-state index is 0.0705. The van der Waals surface area contributed by atoms with Crippen molar-refractivity contribution in [2.45, 2.75) is 13.0 Å². The third kappa shape index (κ3) is 2.58. The summed E-state index contributed by atoms with van der Waals surface area (Å²) in [5, 5.41) is 0. The number of hydrogen-bond acceptors (Lipinski definition) is 5. The molecule has 0 bridgehead atoms. The minimum atomic E-state index is -0.362. The SMILES string of the molecule is Nc1ncnc2c1ncn2CCC(=O)c1ccc(F)cc1. The second-order valence-electron chi connectivity index (χ2n) is 4.55. The molecular weight excluding hydrogens is 273 g/mol. The van der Waals surface area contributed by atoms with Gasteiger partial charge in [0.05, 0.1) is 6.33 Å². The van der Waals surface area contributed by atoms with E-state index in [0.717, 1.165) is 0 Å². The molecule has 2 heterocycles. The second-order valence-corrected chi connectivity index (χ2v) is 4.55. The Morgan fingerprint density at radius 1 is 1.19 bits per heavy atom. The van der Waals surface area contributed by atoms with Crippen LogP contribution in [0.3, 0.4) is 0 Å². The van der Waals surface area contributed by atoms with Crippen LogP contribution in [0.25, 0.3) is 11.2 Å². The number of nitrogens with zero attached hydrogens (tertiary/aromatic N) is 4. The van der Waals surface area contributed by atoms with Gasteiger partial charge in [-0.05, 0) is 24.3 Å². The lowest BCUT2D eigenvalue weighted by Crippen LogP contribution is -2.06. The Bertz CT molecular complexity index is 797. The Morgan fingerprint density at radius 2 is 1.95 bits per heavy atom. The van der Waals surface area contributed by atoms with E-state index >= 15 is 0 Å². The molecule has 2 aromatic heterocycles. The molecule has 0 unspecified atom stereocenters. The number of carbonyl (C=O) groups excluding carboxylic acids is 1. The van der Waals surface area contributed by atoms with Gasteiger partial charge in [-0.2, -0.15) is 0 Å². The maximum atomic E-state index is 12.8. The molecule has 0 amide bonds. The first-order chi connectivity index (χ1) is 10.1. The van der Waals surface area contributed by atoms with Crippen molar-refractivity contribution in [2.75, 3.05) is 5.73 Å². The molecule has 0 aliphatic carbocycles. The normalized spacial score (nSPS) is 10.9. The van der Waals surface area contributed by atoms with Crippen molar-refractivity contribution in [1.29, 1.82) is 0 Å². The molecule has 0 aliphatic heterocycles. The number of benzene rings is 1. The molecule has 106 valence electrons. The number of nitrogen functional groups attached to an aromatic ring is 1. The quantitative estimate of drug-likeness (QED) is 0.739. The molecule has 3 rings (SSSR count). The fourth-order valence-corrected chi connectivity index (χ4v) is 2.06. The summed E-state index contributed by atoms with van der Waals surface area (Å²) >= 11 is 0. The van der Waals surface area contributed by atoms with Gasteiger partial charge >= 0.3 is 0 Å². The van der Waals surface area contributed by atoms with Gasteiger partial charge in [-0.15, -0.1) is 0 Å². The Balaban J connectivity index is 1.76.